The van der Waals surface area contributed by atoms with Crippen LogP contribution >= 0.6 is 11.6 Å². The predicted molar refractivity (Wildman–Crippen MR) is 81.0 cm³/mol. The second-order valence-corrected chi connectivity index (χ2v) is 6.97. The topological polar surface area (TPSA) is 37.4 Å². The van der Waals surface area contributed by atoms with E-state index in [0.717, 1.165) is 12.0 Å². The number of hydrogen-bond donors (Lipinski definition) is 0. The zero-order chi connectivity index (χ0) is 14.9. The largest absolute Gasteiger partial charge is 0.274 e. The van der Waals surface area contributed by atoms with Gasteiger partial charge in [0.15, 0.2) is 0 Å². The molecule has 1 aromatic carbocycles. The normalized spacial score (nSPS) is 36.7. The number of carbonyl (C=O) groups excluding carboxylic acids is 2. The van der Waals surface area contributed by atoms with E-state index in [1.165, 1.54) is 4.90 Å². The first-order chi connectivity index (χ1) is 9.94. The fourth-order valence-corrected chi connectivity index (χ4v) is 4.45. The maximum atomic E-state index is 12.9. The summed E-state index contributed by atoms with van der Waals surface area (Å²) in [7, 11) is 0. The van der Waals surface area contributed by atoms with Crippen LogP contribution in [0.2, 0.25) is 5.02 Å². The van der Waals surface area contributed by atoms with Crippen molar-refractivity contribution in [2.75, 3.05) is 4.90 Å². The van der Waals surface area contributed by atoms with Gasteiger partial charge >= 0.3 is 0 Å². The average molecular weight is 302 g/mol. The Kier molecular flexibility index (Phi) is 2.48. The Bertz CT molecular complexity index is 711. The molecule has 1 heterocycles. The smallest absolute Gasteiger partial charge is 0.241 e. The van der Waals surface area contributed by atoms with Crippen LogP contribution in [-0.4, -0.2) is 11.8 Å². The van der Waals surface area contributed by atoms with Crippen LogP contribution in [0.15, 0.2) is 30.4 Å². The number of allylic oxidation sites excluding steroid dienone is 2. The summed E-state index contributed by atoms with van der Waals surface area (Å²) in [5.74, 6) is 0.0471. The molecular formula is C17H16ClNO2. The molecule has 0 radical (unpaired) electrons. The molecule has 21 heavy (non-hydrogen) atoms. The minimum Gasteiger partial charge on any atom is -0.274 e. The molecule has 0 unspecified atom stereocenters. The Morgan fingerprint density at radius 2 is 2.05 bits per heavy atom. The van der Waals surface area contributed by atoms with Crippen LogP contribution in [0.5, 0.6) is 0 Å². The SMILES string of the molecule is Cc1ccc(N2C(=O)[C@H]3[C@H]4C=C[C@@H](C4)[C@@]3(C)C2=O)cc1Cl. The maximum Gasteiger partial charge on any atom is 0.241 e. The van der Waals surface area contributed by atoms with Crippen molar-refractivity contribution in [2.45, 2.75) is 20.3 Å². The van der Waals surface area contributed by atoms with Crippen molar-refractivity contribution in [1.29, 1.82) is 0 Å². The van der Waals surface area contributed by atoms with Crippen LogP contribution in [0.25, 0.3) is 0 Å². The van der Waals surface area contributed by atoms with E-state index >= 15 is 0 Å². The van der Waals surface area contributed by atoms with Gasteiger partial charge in [-0.3, -0.25) is 9.59 Å². The van der Waals surface area contributed by atoms with Crippen molar-refractivity contribution in [1.82, 2.24) is 0 Å². The maximum absolute atomic E-state index is 12.9. The quantitative estimate of drug-likeness (QED) is 0.589. The highest BCUT2D eigenvalue weighted by molar-refractivity contribution is 6.32. The number of amides is 2. The van der Waals surface area contributed by atoms with Gasteiger partial charge in [0.1, 0.15) is 0 Å². The van der Waals surface area contributed by atoms with E-state index in [1.807, 2.05) is 19.9 Å². The first-order valence-electron chi connectivity index (χ1n) is 7.27. The van der Waals surface area contributed by atoms with Gasteiger partial charge < -0.3 is 0 Å². The number of hydrogen-bond acceptors (Lipinski definition) is 2. The van der Waals surface area contributed by atoms with E-state index in [-0.39, 0.29) is 29.6 Å². The number of nitrogens with zero attached hydrogens (tertiary/aromatic N) is 1. The number of imide groups is 1. The molecule has 1 saturated carbocycles. The van der Waals surface area contributed by atoms with Gasteiger partial charge in [-0.1, -0.05) is 29.8 Å². The molecule has 0 N–H and O–H groups in total. The second kappa shape index (κ2) is 3.98. The number of aryl methyl sites for hydroxylation is 1. The summed E-state index contributed by atoms with van der Waals surface area (Å²) >= 11 is 6.15. The van der Waals surface area contributed by atoms with Gasteiger partial charge in [-0.25, -0.2) is 4.90 Å². The fraction of sp³-hybridized carbons (Fsp3) is 0.412. The first-order valence-corrected chi connectivity index (χ1v) is 7.65. The van der Waals surface area contributed by atoms with E-state index in [9.17, 15) is 9.59 Å². The molecule has 3 aliphatic rings. The van der Waals surface area contributed by atoms with Gasteiger partial charge in [0.2, 0.25) is 11.8 Å². The van der Waals surface area contributed by atoms with Crippen LogP contribution in [0.4, 0.5) is 5.69 Å². The minimum atomic E-state index is -0.576. The Morgan fingerprint density at radius 1 is 1.29 bits per heavy atom. The molecule has 2 bridgehead atoms. The van der Waals surface area contributed by atoms with Gasteiger partial charge in [-0.05, 0) is 49.8 Å². The van der Waals surface area contributed by atoms with Crippen LogP contribution in [0.1, 0.15) is 18.9 Å². The summed E-state index contributed by atoms with van der Waals surface area (Å²) < 4.78 is 0. The van der Waals surface area contributed by atoms with Crippen LogP contribution in [-0.2, 0) is 9.59 Å². The lowest BCUT2D eigenvalue weighted by atomic mass is 9.71. The number of benzene rings is 1. The van der Waals surface area contributed by atoms with Crippen LogP contribution in [0, 0.1) is 30.1 Å². The molecule has 2 aliphatic carbocycles. The number of anilines is 1. The van der Waals surface area contributed by atoms with Crippen molar-refractivity contribution in [3.63, 3.8) is 0 Å². The second-order valence-electron chi connectivity index (χ2n) is 6.56. The Balaban J connectivity index is 1.81. The zero-order valence-electron chi connectivity index (χ0n) is 12.0. The van der Waals surface area contributed by atoms with Crippen molar-refractivity contribution >= 4 is 29.1 Å². The Morgan fingerprint density at radius 3 is 2.71 bits per heavy atom. The van der Waals surface area contributed by atoms with Gasteiger partial charge in [-0.15, -0.1) is 0 Å². The van der Waals surface area contributed by atoms with Gasteiger partial charge in [0.05, 0.1) is 17.0 Å². The summed E-state index contributed by atoms with van der Waals surface area (Å²) in [6.45, 7) is 3.85. The zero-order valence-corrected chi connectivity index (χ0v) is 12.7. The van der Waals surface area contributed by atoms with Gasteiger partial charge in [0, 0.05) is 5.02 Å². The lowest BCUT2D eigenvalue weighted by molar-refractivity contribution is -0.127. The van der Waals surface area contributed by atoms with Crippen molar-refractivity contribution in [3.8, 4) is 0 Å². The van der Waals surface area contributed by atoms with E-state index in [2.05, 4.69) is 12.2 Å². The van der Waals surface area contributed by atoms with Crippen molar-refractivity contribution < 1.29 is 9.59 Å². The van der Waals surface area contributed by atoms with Crippen molar-refractivity contribution in [3.05, 3.63) is 40.9 Å². The molecule has 2 fully saturated rings. The predicted octanol–water partition coefficient (Wildman–Crippen LogP) is 3.35. The Labute approximate surface area is 128 Å². The third-order valence-electron chi connectivity index (χ3n) is 5.53. The highest BCUT2D eigenvalue weighted by Crippen LogP contribution is 2.60. The van der Waals surface area contributed by atoms with Crippen LogP contribution in [0.3, 0.4) is 0 Å². The highest BCUT2D eigenvalue weighted by atomic mass is 35.5. The van der Waals surface area contributed by atoms with Gasteiger partial charge in [-0.2, -0.15) is 0 Å². The highest BCUT2D eigenvalue weighted by Gasteiger charge is 2.67. The summed E-state index contributed by atoms with van der Waals surface area (Å²) in [5, 5.41) is 0.580. The monoisotopic (exact) mass is 301 g/mol. The van der Waals surface area contributed by atoms with E-state index in [0.29, 0.717) is 10.7 Å². The fourth-order valence-electron chi connectivity index (χ4n) is 4.27. The first kappa shape index (κ1) is 13.1. The van der Waals surface area contributed by atoms with Crippen molar-refractivity contribution in [2.24, 2.45) is 23.2 Å². The summed E-state index contributed by atoms with van der Waals surface area (Å²) in [5.41, 5.74) is 0.955. The molecule has 4 atom stereocenters. The Hall–Kier alpha value is -1.61. The molecule has 3 nitrogen and oxygen atoms in total. The molecule has 108 valence electrons. The molecular weight excluding hydrogens is 286 g/mol. The molecule has 4 heteroatoms. The third-order valence-corrected chi connectivity index (χ3v) is 5.93. The summed E-state index contributed by atoms with van der Waals surface area (Å²) in [6, 6.07) is 5.37. The van der Waals surface area contributed by atoms with E-state index in [4.69, 9.17) is 11.6 Å². The molecule has 4 rings (SSSR count). The molecule has 0 spiro atoms. The van der Waals surface area contributed by atoms with E-state index < -0.39 is 5.41 Å². The third kappa shape index (κ3) is 1.45. The minimum absolute atomic E-state index is 0.0701. The summed E-state index contributed by atoms with van der Waals surface area (Å²) in [4.78, 5) is 27.1. The average Bonchev–Trinajstić information content (AvgIpc) is 3.07. The van der Waals surface area contributed by atoms with E-state index in [1.54, 1.807) is 12.1 Å². The standard InChI is InChI=1S/C17H16ClNO2/c1-9-3-6-12(8-13(9)18)19-15(20)14-10-4-5-11(7-10)17(14,2)16(19)21/h3-6,8,10-11,14H,7H2,1-2H3/t10-,11-,14+,17+/m0/s1. The summed E-state index contributed by atoms with van der Waals surface area (Å²) in [6.07, 6.45) is 5.15. The van der Waals surface area contributed by atoms with Gasteiger partial charge in [0.25, 0.3) is 0 Å². The molecule has 1 saturated heterocycles. The molecule has 1 aliphatic heterocycles. The molecule has 1 aromatic rings. The lowest BCUT2D eigenvalue weighted by Crippen LogP contribution is -2.37. The number of halogens is 1. The number of fused-ring (bicyclic) bond motifs is 5. The lowest BCUT2D eigenvalue weighted by Gasteiger charge is -2.28. The number of carbonyl (C=O) groups is 2. The van der Waals surface area contributed by atoms with Crippen LogP contribution < -0.4 is 4.90 Å². The molecule has 0 aromatic heterocycles. The molecule has 2 amide bonds. The number of rotatable bonds is 1.